The normalized spacial score (nSPS) is 61.4. The van der Waals surface area contributed by atoms with Crippen LogP contribution in [-0.4, -0.2) is 46.8 Å². The van der Waals surface area contributed by atoms with Crippen molar-refractivity contribution in [1.29, 1.82) is 0 Å². The predicted octanol–water partition coefficient (Wildman–Crippen LogP) is -0.168. The van der Waals surface area contributed by atoms with E-state index < -0.39 is 11.2 Å². The van der Waals surface area contributed by atoms with Crippen LogP contribution < -0.4 is 0 Å². The van der Waals surface area contributed by atoms with E-state index >= 15 is 0 Å². The van der Waals surface area contributed by atoms with Gasteiger partial charge in [-0.3, -0.25) is 0 Å². The lowest BCUT2D eigenvalue weighted by Gasteiger charge is -2.43. The fraction of sp³-hybridized carbons (Fsp3) is 1.00. The first-order chi connectivity index (χ1) is 6.60. The standard InChI is InChI=1S/C9H14BIO3/c10-7-6-8(12)3-1-2-5(11)9(8,14-7)4-13-6/h5-7,12H,1-4,10H2/t5?,6?,7-,8?,9-/m1/s1. The third-order valence-electron chi connectivity index (χ3n) is 4.02. The Morgan fingerprint density at radius 2 is 2.29 bits per heavy atom. The number of alkyl halides is 1. The molecular weight excluding hydrogens is 294 g/mol. The van der Waals surface area contributed by atoms with Crippen molar-refractivity contribution in [3.8, 4) is 0 Å². The van der Waals surface area contributed by atoms with Crippen LogP contribution in [0.15, 0.2) is 0 Å². The van der Waals surface area contributed by atoms with Gasteiger partial charge in [0.25, 0.3) is 0 Å². The second-order valence-corrected chi connectivity index (χ2v) is 6.23. The molecule has 0 aromatic heterocycles. The van der Waals surface area contributed by atoms with E-state index in [-0.39, 0.29) is 12.1 Å². The van der Waals surface area contributed by atoms with E-state index in [9.17, 15) is 5.11 Å². The summed E-state index contributed by atoms with van der Waals surface area (Å²) in [6, 6.07) is 0.0455. The van der Waals surface area contributed by atoms with Crippen molar-refractivity contribution in [3.63, 3.8) is 0 Å². The maximum atomic E-state index is 10.7. The number of halogens is 1. The Morgan fingerprint density at radius 3 is 2.93 bits per heavy atom. The van der Waals surface area contributed by atoms with Crippen molar-refractivity contribution >= 4 is 30.4 Å². The fourth-order valence-corrected chi connectivity index (χ4v) is 4.65. The molecule has 1 N–H and O–H groups in total. The van der Waals surface area contributed by atoms with E-state index in [2.05, 4.69) is 22.6 Å². The second kappa shape index (κ2) is 2.87. The van der Waals surface area contributed by atoms with E-state index in [1.165, 1.54) is 0 Å². The van der Waals surface area contributed by atoms with Gasteiger partial charge in [-0.2, -0.15) is 0 Å². The highest BCUT2D eigenvalue weighted by Crippen LogP contribution is 2.56. The van der Waals surface area contributed by atoms with Crippen LogP contribution in [0.5, 0.6) is 0 Å². The average Bonchev–Trinajstić information content (AvgIpc) is 2.53. The number of aliphatic hydroxyl groups is 1. The van der Waals surface area contributed by atoms with Crippen LogP contribution >= 0.6 is 22.6 Å². The molecule has 5 atom stereocenters. The molecule has 3 nitrogen and oxygen atoms in total. The molecule has 78 valence electrons. The number of hydrogen-bond donors (Lipinski definition) is 1. The number of hydrogen-bond acceptors (Lipinski definition) is 3. The summed E-state index contributed by atoms with van der Waals surface area (Å²) in [6.07, 6.45) is 2.95. The molecule has 2 bridgehead atoms. The largest absolute Gasteiger partial charge is 0.384 e. The van der Waals surface area contributed by atoms with Gasteiger partial charge in [-0.15, -0.1) is 0 Å². The Bertz CT molecular complexity index is 277. The van der Waals surface area contributed by atoms with Crippen molar-refractivity contribution in [2.45, 2.75) is 46.5 Å². The van der Waals surface area contributed by atoms with Gasteiger partial charge in [0.1, 0.15) is 25.2 Å². The predicted molar refractivity (Wildman–Crippen MR) is 62.5 cm³/mol. The zero-order valence-electron chi connectivity index (χ0n) is 8.20. The van der Waals surface area contributed by atoms with Crippen molar-refractivity contribution in [3.05, 3.63) is 0 Å². The molecule has 2 aliphatic heterocycles. The molecule has 3 aliphatic rings. The quantitative estimate of drug-likeness (QED) is 0.384. The van der Waals surface area contributed by atoms with Gasteiger partial charge >= 0.3 is 0 Å². The Morgan fingerprint density at radius 1 is 1.50 bits per heavy atom. The van der Waals surface area contributed by atoms with Crippen LogP contribution in [-0.2, 0) is 9.47 Å². The highest BCUT2D eigenvalue weighted by Gasteiger charge is 2.72. The van der Waals surface area contributed by atoms with E-state index in [1.807, 2.05) is 7.85 Å². The van der Waals surface area contributed by atoms with Crippen molar-refractivity contribution < 1.29 is 14.6 Å². The van der Waals surface area contributed by atoms with Crippen LogP contribution in [0.25, 0.3) is 0 Å². The summed E-state index contributed by atoms with van der Waals surface area (Å²) in [5.41, 5.74) is -1.12. The minimum absolute atomic E-state index is 0.0455. The molecule has 0 aromatic carbocycles. The van der Waals surface area contributed by atoms with Gasteiger partial charge in [0.2, 0.25) is 0 Å². The molecule has 3 unspecified atom stereocenters. The zero-order chi connectivity index (χ0) is 9.97. The van der Waals surface area contributed by atoms with E-state index in [0.29, 0.717) is 10.5 Å². The van der Waals surface area contributed by atoms with Crippen LogP contribution in [0.3, 0.4) is 0 Å². The van der Waals surface area contributed by atoms with E-state index in [0.717, 1.165) is 19.3 Å². The maximum Gasteiger partial charge on any atom is 0.142 e. The lowest BCUT2D eigenvalue weighted by Crippen LogP contribution is -2.59. The topological polar surface area (TPSA) is 38.7 Å². The van der Waals surface area contributed by atoms with Gasteiger partial charge in [-0.05, 0) is 19.3 Å². The maximum absolute atomic E-state index is 10.7. The Kier molecular flexibility index (Phi) is 2.02. The number of ether oxygens (including phenoxy) is 2. The summed E-state index contributed by atoms with van der Waals surface area (Å²) in [4.78, 5) is 0. The van der Waals surface area contributed by atoms with Crippen molar-refractivity contribution in [2.24, 2.45) is 0 Å². The molecule has 2 heterocycles. The molecule has 0 radical (unpaired) electrons. The van der Waals surface area contributed by atoms with Crippen LogP contribution in [0, 0.1) is 0 Å². The third-order valence-corrected chi connectivity index (χ3v) is 5.65. The van der Waals surface area contributed by atoms with Crippen LogP contribution in [0.4, 0.5) is 0 Å². The molecular formula is C9H14BIO3. The lowest BCUT2D eigenvalue weighted by molar-refractivity contribution is -0.137. The molecule has 0 amide bonds. The summed E-state index contributed by atoms with van der Waals surface area (Å²) < 4.78 is 12.1. The molecule has 5 heteroatoms. The molecule has 1 aliphatic carbocycles. The third kappa shape index (κ3) is 0.906. The first-order valence-electron chi connectivity index (χ1n) is 5.26. The Balaban J connectivity index is 2.07. The summed E-state index contributed by atoms with van der Waals surface area (Å²) >= 11 is 2.41. The molecule has 1 saturated carbocycles. The molecule has 3 fully saturated rings. The monoisotopic (exact) mass is 308 g/mol. The molecule has 2 saturated heterocycles. The SMILES string of the molecule is B[C@@H]1O[C@@]23COC1C2(O)CCCC3I. The Labute approximate surface area is 98.1 Å². The smallest absolute Gasteiger partial charge is 0.142 e. The molecule has 0 spiro atoms. The van der Waals surface area contributed by atoms with Crippen molar-refractivity contribution in [2.75, 3.05) is 6.61 Å². The van der Waals surface area contributed by atoms with Gasteiger partial charge in [-0.1, -0.05) is 22.6 Å². The molecule has 0 aromatic rings. The van der Waals surface area contributed by atoms with E-state index in [4.69, 9.17) is 9.47 Å². The molecule has 14 heavy (non-hydrogen) atoms. The Hall–Kier alpha value is 0.675. The van der Waals surface area contributed by atoms with Crippen LogP contribution in [0.2, 0.25) is 0 Å². The first-order valence-corrected chi connectivity index (χ1v) is 6.51. The second-order valence-electron chi connectivity index (χ2n) is 4.73. The van der Waals surface area contributed by atoms with Gasteiger partial charge in [-0.25, -0.2) is 0 Å². The first kappa shape index (κ1) is 9.87. The highest BCUT2D eigenvalue weighted by molar-refractivity contribution is 14.1. The summed E-state index contributed by atoms with van der Waals surface area (Å²) in [6.45, 7) is 0.576. The summed E-state index contributed by atoms with van der Waals surface area (Å²) in [7, 11) is 2.01. The minimum Gasteiger partial charge on any atom is -0.384 e. The van der Waals surface area contributed by atoms with Gasteiger partial charge in [0.15, 0.2) is 0 Å². The minimum atomic E-state index is -0.712. The van der Waals surface area contributed by atoms with Gasteiger partial charge in [0.05, 0.1) is 12.6 Å². The number of rotatable bonds is 0. The lowest BCUT2D eigenvalue weighted by atomic mass is 9.71. The van der Waals surface area contributed by atoms with E-state index in [1.54, 1.807) is 0 Å². The fourth-order valence-electron chi connectivity index (χ4n) is 3.34. The highest BCUT2D eigenvalue weighted by atomic mass is 127. The summed E-state index contributed by atoms with van der Waals surface area (Å²) in [5.74, 6) is 0. The average molecular weight is 308 g/mol. The van der Waals surface area contributed by atoms with Crippen molar-refractivity contribution in [1.82, 2.24) is 0 Å². The van der Waals surface area contributed by atoms with Gasteiger partial charge in [0, 0.05) is 3.92 Å². The zero-order valence-corrected chi connectivity index (χ0v) is 10.4. The summed E-state index contributed by atoms with van der Waals surface area (Å²) in [5, 5.41) is 10.7. The molecule has 3 rings (SSSR count). The van der Waals surface area contributed by atoms with Crippen LogP contribution in [0.1, 0.15) is 19.3 Å². The van der Waals surface area contributed by atoms with Gasteiger partial charge < -0.3 is 14.6 Å².